The summed E-state index contributed by atoms with van der Waals surface area (Å²) in [5.41, 5.74) is 5.37. The van der Waals surface area contributed by atoms with Crippen molar-refractivity contribution < 1.29 is 4.74 Å². The number of methoxy groups -OCH3 is 1. The van der Waals surface area contributed by atoms with Gasteiger partial charge in [-0.25, -0.2) is 19.9 Å². The highest BCUT2D eigenvalue weighted by Gasteiger charge is 2.15. The van der Waals surface area contributed by atoms with Gasteiger partial charge in [-0.1, -0.05) is 19.1 Å². The van der Waals surface area contributed by atoms with E-state index in [2.05, 4.69) is 16.9 Å². The summed E-state index contributed by atoms with van der Waals surface area (Å²) in [6.45, 7) is 2.13. The van der Waals surface area contributed by atoms with Crippen LogP contribution in [0.5, 0.6) is 5.88 Å². The van der Waals surface area contributed by atoms with Gasteiger partial charge in [0, 0.05) is 35.8 Å². The second kappa shape index (κ2) is 7.20. The molecule has 0 saturated carbocycles. The fourth-order valence-electron chi connectivity index (χ4n) is 3.36. The Morgan fingerprint density at radius 1 is 0.962 bits per heavy atom. The van der Waals surface area contributed by atoms with Crippen molar-refractivity contribution in [3.05, 3.63) is 65.2 Å². The van der Waals surface area contributed by atoms with Crippen LogP contribution in [0.15, 0.2) is 42.7 Å². The fourth-order valence-corrected chi connectivity index (χ4v) is 3.36. The average Bonchev–Trinajstić information content (AvgIpc) is 2.73. The van der Waals surface area contributed by atoms with Crippen LogP contribution in [-0.4, -0.2) is 27.0 Å². The number of aromatic nitrogens is 4. The van der Waals surface area contributed by atoms with Crippen LogP contribution in [0.2, 0.25) is 0 Å². The molecule has 0 amide bonds. The molecular formula is C21H22N4O. The van der Waals surface area contributed by atoms with Gasteiger partial charge in [0.1, 0.15) is 5.69 Å². The lowest BCUT2D eigenvalue weighted by Gasteiger charge is -2.15. The first kappa shape index (κ1) is 16.6. The Morgan fingerprint density at radius 2 is 1.85 bits per heavy atom. The van der Waals surface area contributed by atoms with E-state index in [9.17, 15) is 0 Å². The minimum Gasteiger partial charge on any atom is -0.481 e. The van der Waals surface area contributed by atoms with Crippen molar-refractivity contribution in [3.8, 4) is 17.4 Å². The molecule has 1 atom stereocenters. The maximum absolute atomic E-state index is 5.13. The zero-order valence-electron chi connectivity index (χ0n) is 15.1. The lowest BCUT2D eigenvalue weighted by Crippen LogP contribution is -2.08. The van der Waals surface area contributed by atoms with Gasteiger partial charge >= 0.3 is 0 Å². The van der Waals surface area contributed by atoms with Gasteiger partial charge in [0.2, 0.25) is 5.88 Å². The SMILES string of the molecule is COc1ccc(C(C)c2cccc(-c3ncc4c(n3)CCCC4)n2)cn1. The molecule has 5 heteroatoms. The number of nitrogens with zero attached hydrogens (tertiary/aromatic N) is 4. The van der Waals surface area contributed by atoms with Gasteiger partial charge in [-0.2, -0.15) is 0 Å². The first-order chi connectivity index (χ1) is 12.7. The van der Waals surface area contributed by atoms with Crippen LogP contribution < -0.4 is 4.74 Å². The van der Waals surface area contributed by atoms with Crippen LogP contribution >= 0.6 is 0 Å². The van der Waals surface area contributed by atoms with E-state index in [0.717, 1.165) is 29.8 Å². The highest BCUT2D eigenvalue weighted by molar-refractivity contribution is 5.50. The van der Waals surface area contributed by atoms with Gasteiger partial charge in [-0.05, 0) is 48.9 Å². The van der Waals surface area contributed by atoms with E-state index in [1.54, 1.807) is 7.11 Å². The number of pyridine rings is 2. The summed E-state index contributed by atoms with van der Waals surface area (Å²) in [6.07, 6.45) is 8.38. The van der Waals surface area contributed by atoms with Crippen molar-refractivity contribution in [2.45, 2.75) is 38.5 Å². The van der Waals surface area contributed by atoms with E-state index in [0.29, 0.717) is 11.7 Å². The molecule has 0 spiro atoms. The third-order valence-electron chi connectivity index (χ3n) is 4.98. The van der Waals surface area contributed by atoms with E-state index in [1.165, 1.54) is 24.1 Å². The van der Waals surface area contributed by atoms with Gasteiger partial charge < -0.3 is 4.74 Å². The second-order valence-corrected chi connectivity index (χ2v) is 6.68. The molecule has 0 saturated heterocycles. The first-order valence-electron chi connectivity index (χ1n) is 9.06. The zero-order chi connectivity index (χ0) is 17.9. The maximum atomic E-state index is 5.13. The van der Waals surface area contributed by atoms with Gasteiger partial charge in [0.25, 0.3) is 0 Å². The van der Waals surface area contributed by atoms with Crippen molar-refractivity contribution in [3.63, 3.8) is 0 Å². The van der Waals surface area contributed by atoms with E-state index in [-0.39, 0.29) is 5.92 Å². The zero-order valence-corrected chi connectivity index (χ0v) is 15.1. The molecule has 4 rings (SSSR count). The maximum Gasteiger partial charge on any atom is 0.212 e. The van der Waals surface area contributed by atoms with Gasteiger partial charge in [-0.15, -0.1) is 0 Å². The van der Waals surface area contributed by atoms with Crippen LogP contribution in [0.3, 0.4) is 0 Å². The Kier molecular flexibility index (Phi) is 4.61. The molecule has 0 aromatic carbocycles. The standard InChI is InChI=1S/C21H22N4O/c1-14(15-10-11-20(26-2)22-12-15)17-8-5-9-19(24-17)21-23-13-16-6-3-4-7-18(16)25-21/h5,8-14H,3-4,6-7H2,1-2H3. The normalized spacial score (nSPS) is 14.5. The smallest absolute Gasteiger partial charge is 0.212 e. The molecule has 0 N–H and O–H groups in total. The lowest BCUT2D eigenvalue weighted by atomic mass is 9.97. The molecule has 26 heavy (non-hydrogen) atoms. The number of ether oxygens (including phenoxy) is 1. The molecule has 1 unspecified atom stereocenters. The highest BCUT2D eigenvalue weighted by atomic mass is 16.5. The van der Waals surface area contributed by atoms with E-state index in [1.807, 2.05) is 42.7 Å². The molecule has 0 fully saturated rings. The summed E-state index contributed by atoms with van der Waals surface area (Å²) in [5.74, 6) is 1.46. The topological polar surface area (TPSA) is 60.8 Å². The highest BCUT2D eigenvalue weighted by Crippen LogP contribution is 2.26. The Balaban J connectivity index is 1.63. The molecule has 0 radical (unpaired) electrons. The number of hydrogen-bond donors (Lipinski definition) is 0. The van der Waals surface area contributed by atoms with E-state index >= 15 is 0 Å². The molecule has 1 aliphatic rings. The van der Waals surface area contributed by atoms with E-state index in [4.69, 9.17) is 14.7 Å². The molecule has 0 aliphatic heterocycles. The summed E-state index contributed by atoms with van der Waals surface area (Å²) in [7, 11) is 1.62. The van der Waals surface area contributed by atoms with Crippen molar-refractivity contribution >= 4 is 0 Å². The molecule has 3 aromatic rings. The van der Waals surface area contributed by atoms with Crippen molar-refractivity contribution in [1.82, 2.24) is 19.9 Å². The Labute approximate surface area is 153 Å². The van der Waals surface area contributed by atoms with Crippen molar-refractivity contribution in [2.75, 3.05) is 7.11 Å². The number of fused-ring (bicyclic) bond motifs is 1. The third kappa shape index (κ3) is 3.29. The monoisotopic (exact) mass is 346 g/mol. The van der Waals surface area contributed by atoms with Crippen molar-refractivity contribution in [2.24, 2.45) is 0 Å². The molecular weight excluding hydrogens is 324 g/mol. The summed E-state index contributed by atoms with van der Waals surface area (Å²) in [6, 6.07) is 9.94. The Hall–Kier alpha value is -2.82. The van der Waals surface area contributed by atoms with Gasteiger partial charge in [-0.3, -0.25) is 0 Å². The van der Waals surface area contributed by atoms with Crippen LogP contribution in [0.1, 0.15) is 48.2 Å². The predicted molar refractivity (Wildman–Crippen MR) is 100 cm³/mol. The van der Waals surface area contributed by atoms with Crippen LogP contribution in [0.4, 0.5) is 0 Å². The molecule has 5 nitrogen and oxygen atoms in total. The summed E-state index contributed by atoms with van der Waals surface area (Å²) in [5, 5.41) is 0. The minimum atomic E-state index is 0.131. The lowest BCUT2D eigenvalue weighted by molar-refractivity contribution is 0.397. The van der Waals surface area contributed by atoms with E-state index < -0.39 is 0 Å². The van der Waals surface area contributed by atoms with Gasteiger partial charge in [0.15, 0.2) is 5.82 Å². The third-order valence-corrected chi connectivity index (χ3v) is 4.98. The van der Waals surface area contributed by atoms with Gasteiger partial charge in [0.05, 0.1) is 7.11 Å². The first-order valence-corrected chi connectivity index (χ1v) is 9.06. The molecule has 3 aromatic heterocycles. The van der Waals surface area contributed by atoms with Crippen LogP contribution in [0.25, 0.3) is 11.5 Å². The molecule has 0 bridgehead atoms. The molecule has 132 valence electrons. The number of rotatable bonds is 4. The summed E-state index contributed by atoms with van der Waals surface area (Å²) >= 11 is 0. The molecule has 3 heterocycles. The second-order valence-electron chi connectivity index (χ2n) is 6.68. The summed E-state index contributed by atoms with van der Waals surface area (Å²) in [4.78, 5) is 18.5. The fraction of sp³-hybridized carbons (Fsp3) is 0.333. The number of hydrogen-bond acceptors (Lipinski definition) is 5. The minimum absolute atomic E-state index is 0.131. The average molecular weight is 346 g/mol. The largest absolute Gasteiger partial charge is 0.481 e. The molecule has 1 aliphatic carbocycles. The Bertz CT molecular complexity index is 908. The van der Waals surface area contributed by atoms with Crippen molar-refractivity contribution in [1.29, 1.82) is 0 Å². The van der Waals surface area contributed by atoms with Crippen LogP contribution in [-0.2, 0) is 12.8 Å². The quantitative estimate of drug-likeness (QED) is 0.715. The van der Waals surface area contributed by atoms with Crippen LogP contribution in [0, 0.1) is 0 Å². The number of aryl methyl sites for hydroxylation is 2. The predicted octanol–water partition coefficient (Wildman–Crippen LogP) is 3.97. The Morgan fingerprint density at radius 3 is 2.65 bits per heavy atom. The summed E-state index contributed by atoms with van der Waals surface area (Å²) < 4.78 is 5.13.